The molecule has 1 heterocycles. The third kappa shape index (κ3) is 1.81. The molecule has 1 fully saturated rings. The lowest BCUT2D eigenvalue weighted by atomic mass is 9.89. The minimum Gasteiger partial charge on any atom is -0.479 e. The summed E-state index contributed by atoms with van der Waals surface area (Å²) >= 11 is 0. The van der Waals surface area contributed by atoms with Crippen LogP contribution in [0.1, 0.15) is 12.5 Å². The minimum atomic E-state index is -0.994. The Bertz CT molecular complexity index is 376. The smallest absolute Gasteiger partial charge is 0.336 e. The van der Waals surface area contributed by atoms with Gasteiger partial charge >= 0.3 is 5.97 Å². The van der Waals surface area contributed by atoms with Crippen LogP contribution in [0.3, 0.4) is 0 Å². The summed E-state index contributed by atoms with van der Waals surface area (Å²) in [7, 11) is 0. The first-order valence-corrected chi connectivity index (χ1v) is 5.18. The van der Waals surface area contributed by atoms with E-state index in [-0.39, 0.29) is 0 Å². The maximum atomic E-state index is 11.1. The van der Waals surface area contributed by atoms with Crippen LogP contribution in [0.5, 0.6) is 0 Å². The Hall–Kier alpha value is -1.39. The first-order chi connectivity index (χ1) is 7.64. The van der Waals surface area contributed by atoms with Crippen molar-refractivity contribution in [2.75, 3.05) is 13.2 Å². The number of carbonyl (C=O) groups is 1. The number of aliphatic carboxylic acids is 1. The Kier molecular flexibility index (Phi) is 2.94. The van der Waals surface area contributed by atoms with Gasteiger partial charge < -0.3 is 14.6 Å². The molecule has 86 valence electrons. The highest BCUT2D eigenvalue weighted by Gasteiger charge is 2.45. The molecule has 0 unspecified atom stereocenters. The highest BCUT2D eigenvalue weighted by atomic mass is 16.6. The van der Waals surface area contributed by atoms with E-state index >= 15 is 0 Å². The van der Waals surface area contributed by atoms with E-state index in [1.165, 1.54) is 0 Å². The van der Waals surface area contributed by atoms with E-state index in [1.54, 1.807) is 6.92 Å². The van der Waals surface area contributed by atoms with Gasteiger partial charge in [-0.3, -0.25) is 0 Å². The fourth-order valence-electron chi connectivity index (χ4n) is 1.97. The standard InChI is InChI=1S/C12H14O4/c1-12(9-5-3-2-4-6-9)10(11(13)14)15-7-8-16-12/h2-6,10H,7-8H2,1H3,(H,13,14)/t10-,12-/m1/s1. The summed E-state index contributed by atoms with van der Waals surface area (Å²) in [6.45, 7) is 2.48. The molecule has 1 aliphatic rings. The van der Waals surface area contributed by atoms with E-state index < -0.39 is 17.7 Å². The van der Waals surface area contributed by atoms with Gasteiger partial charge in [-0.05, 0) is 12.5 Å². The molecule has 0 amide bonds. The second-order valence-corrected chi connectivity index (χ2v) is 3.91. The molecule has 0 aromatic heterocycles. The largest absolute Gasteiger partial charge is 0.479 e. The van der Waals surface area contributed by atoms with Crippen molar-refractivity contribution in [2.24, 2.45) is 0 Å². The van der Waals surface area contributed by atoms with E-state index in [0.717, 1.165) is 5.56 Å². The molecule has 4 nitrogen and oxygen atoms in total. The summed E-state index contributed by atoms with van der Waals surface area (Å²) in [5.41, 5.74) is -0.0900. The van der Waals surface area contributed by atoms with Crippen LogP contribution in [0.15, 0.2) is 30.3 Å². The molecule has 2 rings (SSSR count). The molecule has 0 saturated carbocycles. The third-order valence-electron chi connectivity index (χ3n) is 2.84. The third-order valence-corrected chi connectivity index (χ3v) is 2.84. The maximum absolute atomic E-state index is 11.1. The first-order valence-electron chi connectivity index (χ1n) is 5.18. The van der Waals surface area contributed by atoms with Crippen molar-refractivity contribution in [2.45, 2.75) is 18.6 Å². The van der Waals surface area contributed by atoms with Crippen molar-refractivity contribution < 1.29 is 19.4 Å². The van der Waals surface area contributed by atoms with E-state index in [9.17, 15) is 4.79 Å². The zero-order valence-electron chi connectivity index (χ0n) is 9.05. The van der Waals surface area contributed by atoms with Gasteiger partial charge in [0.05, 0.1) is 13.2 Å². The lowest BCUT2D eigenvalue weighted by Crippen LogP contribution is -2.50. The lowest BCUT2D eigenvalue weighted by Gasteiger charge is -2.39. The van der Waals surface area contributed by atoms with Gasteiger partial charge in [-0.15, -0.1) is 0 Å². The highest BCUT2D eigenvalue weighted by molar-refractivity contribution is 5.74. The van der Waals surface area contributed by atoms with Crippen LogP contribution in [0.2, 0.25) is 0 Å². The van der Waals surface area contributed by atoms with Gasteiger partial charge in [-0.1, -0.05) is 30.3 Å². The zero-order chi connectivity index (χ0) is 11.6. The fourth-order valence-corrected chi connectivity index (χ4v) is 1.97. The van der Waals surface area contributed by atoms with Crippen LogP contribution in [0.25, 0.3) is 0 Å². The van der Waals surface area contributed by atoms with Crippen LogP contribution in [0.4, 0.5) is 0 Å². The topological polar surface area (TPSA) is 55.8 Å². The summed E-state index contributed by atoms with van der Waals surface area (Å²) in [5.74, 6) is -0.994. The Morgan fingerprint density at radius 2 is 2.06 bits per heavy atom. The van der Waals surface area contributed by atoms with Gasteiger partial charge in [0.1, 0.15) is 5.60 Å². The predicted octanol–water partition coefficient (Wildman–Crippen LogP) is 1.40. The zero-order valence-corrected chi connectivity index (χ0v) is 9.05. The van der Waals surface area contributed by atoms with E-state index in [4.69, 9.17) is 14.6 Å². The number of carboxylic acid groups (broad SMARTS) is 1. The van der Waals surface area contributed by atoms with Crippen molar-refractivity contribution in [1.29, 1.82) is 0 Å². The molecule has 2 atom stereocenters. The fraction of sp³-hybridized carbons (Fsp3) is 0.417. The van der Waals surface area contributed by atoms with E-state index in [0.29, 0.717) is 13.2 Å². The van der Waals surface area contributed by atoms with Gasteiger partial charge in [0.25, 0.3) is 0 Å². The molecule has 1 saturated heterocycles. The Labute approximate surface area is 93.8 Å². The monoisotopic (exact) mass is 222 g/mol. The summed E-state index contributed by atoms with van der Waals surface area (Å²) in [6.07, 6.45) is -0.955. The van der Waals surface area contributed by atoms with Gasteiger partial charge in [0, 0.05) is 0 Å². The molecular weight excluding hydrogens is 208 g/mol. The lowest BCUT2D eigenvalue weighted by molar-refractivity contribution is -0.213. The van der Waals surface area contributed by atoms with Crippen LogP contribution >= 0.6 is 0 Å². The molecule has 1 aromatic carbocycles. The second kappa shape index (κ2) is 4.23. The van der Waals surface area contributed by atoms with Gasteiger partial charge in [-0.2, -0.15) is 0 Å². The summed E-state index contributed by atoms with van der Waals surface area (Å²) < 4.78 is 10.9. The number of carboxylic acids is 1. The molecule has 1 N–H and O–H groups in total. The number of benzene rings is 1. The van der Waals surface area contributed by atoms with Crippen LogP contribution < -0.4 is 0 Å². The Morgan fingerprint density at radius 1 is 1.38 bits per heavy atom. The number of rotatable bonds is 2. The molecule has 0 aliphatic carbocycles. The SMILES string of the molecule is C[C@]1(c2ccccc2)OCCO[C@@H]1C(=O)O. The number of ether oxygens (including phenoxy) is 2. The van der Waals surface area contributed by atoms with E-state index in [1.807, 2.05) is 30.3 Å². The molecule has 1 aromatic rings. The molecule has 16 heavy (non-hydrogen) atoms. The Morgan fingerprint density at radius 3 is 2.69 bits per heavy atom. The number of hydrogen-bond acceptors (Lipinski definition) is 3. The summed E-state index contributed by atoms with van der Waals surface area (Å²) in [5, 5.41) is 9.13. The average molecular weight is 222 g/mol. The van der Waals surface area contributed by atoms with Crippen LogP contribution in [0, 0.1) is 0 Å². The highest BCUT2D eigenvalue weighted by Crippen LogP contribution is 2.33. The van der Waals surface area contributed by atoms with Gasteiger partial charge in [-0.25, -0.2) is 4.79 Å². The Balaban J connectivity index is 2.37. The first kappa shape index (κ1) is 11.1. The molecular formula is C12H14O4. The van der Waals surface area contributed by atoms with Crippen molar-refractivity contribution >= 4 is 5.97 Å². The summed E-state index contributed by atoms with van der Waals surface area (Å²) in [6, 6.07) is 9.30. The predicted molar refractivity (Wildman–Crippen MR) is 57.1 cm³/mol. The van der Waals surface area contributed by atoms with Crippen molar-refractivity contribution in [1.82, 2.24) is 0 Å². The van der Waals surface area contributed by atoms with Crippen LogP contribution in [-0.4, -0.2) is 30.4 Å². The molecule has 0 bridgehead atoms. The van der Waals surface area contributed by atoms with Crippen molar-refractivity contribution in [3.05, 3.63) is 35.9 Å². The van der Waals surface area contributed by atoms with Crippen molar-refractivity contribution in [3.8, 4) is 0 Å². The van der Waals surface area contributed by atoms with Gasteiger partial charge in [0.15, 0.2) is 6.10 Å². The molecule has 0 spiro atoms. The molecule has 0 radical (unpaired) electrons. The van der Waals surface area contributed by atoms with E-state index in [2.05, 4.69) is 0 Å². The molecule has 1 aliphatic heterocycles. The second-order valence-electron chi connectivity index (χ2n) is 3.91. The normalized spacial score (nSPS) is 29.9. The van der Waals surface area contributed by atoms with Crippen molar-refractivity contribution in [3.63, 3.8) is 0 Å². The quantitative estimate of drug-likeness (QED) is 0.821. The maximum Gasteiger partial charge on any atom is 0.336 e. The average Bonchev–Trinajstić information content (AvgIpc) is 2.30. The minimum absolute atomic E-state index is 0.319. The summed E-state index contributed by atoms with van der Waals surface area (Å²) in [4.78, 5) is 11.1. The van der Waals surface area contributed by atoms with Crippen LogP contribution in [-0.2, 0) is 19.9 Å². The van der Waals surface area contributed by atoms with Gasteiger partial charge in [0.2, 0.25) is 0 Å². The molecule has 4 heteroatoms. The number of hydrogen-bond donors (Lipinski definition) is 1.